The Balaban J connectivity index is 3.61. The van der Waals surface area contributed by atoms with Crippen LogP contribution in [0.5, 0.6) is 0 Å². The minimum Gasteiger partial charge on any atom is -0.385 e. The zero-order valence-electron chi connectivity index (χ0n) is 7.33. The molecule has 0 aromatic rings. The molecule has 0 aliphatic rings. The third-order valence-electron chi connectivity index (χ3n) is 1.40. The van der Waals surface area contributed by atoms with Gasteiger partial charge in [-0.05, 0) is 12.3 Å². The normalized spacial score (nSPS) is 14.8. The molecule has 0 bridgehead atoms. The van der Waals surface area contributed by atoms with Gasteiger partial charge in [-0.1, -0.05) is 6.92 Å². The predicted octanol–water partition coefficient (Wildman–Crippen LogP) is 0.704. The third kappa shape index (κ3) is 7.81. The van der Waals surface area contributed by atoms with Crippen LogP contribution in [-0.4, -0.2) is 34.1 Å². The van der Waals surface area contributed by atoms with Crippen molar-refractivity contribution in [2.45, 2.75) is 13.3 Å². The number of rotatable bonds is 5. The first-order chi connectivity index (χ1) is 4.95. The molecule has 1 atom stereocenters. The lowest BCUT2D eigenvalue weighted by Crippen LogP contribution is -2.13. The number of sulfone groups is 1. The summed E-state index contributed by atoms with van der Waals surface area (Å²) in [6, 6.07) is 0. The SMILES string of the molecule is COCCC(C)CS(C)(=O)=O. The zero-order valence-corrected chi connectivity index (χ0v) is 8.15. The Morgan fingerprint density at radius 3 is 2.36 bits per heavy atom. The third-order valence-corrected chi connectivity index (χ3v) is 2.58. The van der Waals surface area contributed by atoms with E-state index in [-0.39, 0.29) is 11.7 Å². The molecule has 0 heterocycles. The smallest absolute Gasteiger partial charge is 0.147 e. The van der Waals surface area contributed by atoms with Crippen LogP contribution in [0.4, 0.5) is 0 Å². The number of hydrogen-bond donors (Lipinski definition) is 0. The maximum absolute atomic E-state index is 10.8. The molecule has 68 valence electrons. The molecular formula is C7H16O3S. The van der Waals surface area contributed by atoms with Gasteiger partial charge in [-0.2, -0.15) is 0 Å². The van der Waals surface area contributed by atoms with E-state index in [1.165, 1.54) is 6.26 Å². The van der Waals surface area contributed by atoms with Gasteiger partial charge in [0.05, 0.1) is 5.75 Å². The van der Waals surface area contributed by atoms with Gasteiger partial charge in [0.2, 0.25) is 0 Å². The van der Waals surface area contributed by atoms with E-state index in [0.717, 1.165) is 6.42 Å². The molecule has 0 saturated carbocycles. The van der Waals surface area contributed by atoms with Crippen LogP contribution < -0.4 is 0 Å². The first kappa shape index (κ1) is 10.9. The molecule has 0 N–H and O–H groups in total. The Labute approximate surface area is 68.7 Å². The minimum absolute atomic E-state index is 0.199. The van der Waals surface area contributed by atoms with Crippen LogP contribution in [0.2, 0.25) is 0 Å². The summed E-state index contributed by atoms with van der Waals surface area (Å²) in [6.45, 7) is 2.55. The van der Waals surface area contributed by atoms with Gasteiger partial charge in [-0.3, -0.25) is 0 Å². The van der Waals surface area contributed by atoms with Crippen LogP contribution in [0.1, 0.15) is 13.3 Å². The fraction of sp³-hybridized carbons (Fsp3) is 1.00. The predicted molar refractivity (Wildman–Crippen MR) is 45.4 cm³/mol. The lowest BCUT2D eigenvalue weighted by molar-refractivity contribution is 0.183. The van der Waals surface area contributed by atoms with Gasteiger partial charge in [-0.25, -0.2) is 8.42 Å². The Morgan fingerprint density at radius 2 is 2.00 bits per heavy atom. The van der Waals surface area contributed by atoms with Crippen LogP contribution >= 0.6 is 0 Å². The van der Waals surface area contributed by atoms with Gasteiger partial charge in [0, 0.05) is 20.0 Å². The van der Waals surface area contributed by atoms with Crippen molar-refractivity contribution in [3.63, 3.8) is 0 Å². The Kier molecular flexibility index (Phi) is 4.68. The fourth-order valence-electron chi connectivity index (χ4n) is 0.919. The van der Waals surface area contributed by atoms with Crippen molar-refractivity contribution >= 4 is 9.84 Å². The lowest BCUT2D eigenvalue weighted by Gasteiger charge is -2.07. The first-order valence-electron chi connectivity index (χ1n) is 3.62. The topological polar surface area (TPSA) is 43.4 Å². The summed E-state index contributed by atoms with van der Waals surface area (Å²) < 4.78 is 26.4. The van der Waals surface area contributed by atoms with E-state index in [4.69, 9.17) is 4.74 Å². The molecule has 11 heavy (non-hydrogen) atoms. The lowest BCUT2D eigenvalue weighted by atomic mass is 10.1. The summed E-state index contributed by atoms with van der Waals surface area (Å²) in [4.78, 5) is 0. The summed E-state index contributed by atoms with van der Waals surface area (Å²) in [5, 5.41) is 0. The highest BCUT2D eigenvalue weighted by atomic mass is 32.2. The quantitative estimate of drug-likeness (QED) is 0.625. The first-order valence-corrected chi connectivity index (χ1v) is 5.68. The molecule has 0 radical (unpaired) electrons. The van der Waals surface area contributed by atoms with Gasteiger partial charge in [0.25, 0.3) is 0 Å². The van der Waals surface area contributed by atoms with Gasteiger partial charge in [-0.15, -0.1) is 0 Å². The van der Waals surface area contributed by atoms with Crippen molar-refractivity contribution in [2.75, 3.05) is 25.7 Å². The molecule has 0 aliphatic heterocycles. The molecule has 4 heteroatoms. The summed E-state index contributed by atoms with van der Waals surface area (Å²) in [7, 11) is -1.19. The van der Waals surface area contributed by atoms with Crippen LogP contribution in [0, 0.1) is 5.92 Å². The van der Waals surface area contributed by atoms with E-state index in [1.807, 2.05) is 6.92 Å². The maximum Gasteiger partial charge on any atom is 0.147 e. The van der Waals surface area contributed by atoms with Crippen LogP contribution in [0.15, 0.2) is 0 Å². The highest BCUT2D eigenvalue weighted by Gasteiger charge is 2.09. The van der Waals surface area contributed by atoms with E-state index < -0.39 is 9.84 Å². The highest BCUT2D eigenvalue weighted by Crippen LogP contribution is 2.04. The molecule has 1 unspecified atom stereocenters. The molecule has 0 aromatic heterocycles. The van der Waals surface area contributed by atoms with E-state index in [1.54, 1.807) is 7.11 Å². The van der Waals surface area contributed by atoms with Crippen LogP contribution in [-0.2, 0) is 14.6 Å². The molecule has 0 saturated heterocycles. The van der Waals surface area contributed by atoms with Crippen LogP contribution in [0.3, 0.4) is 0 Å². The van der Waals surface area contributed by atoms with Gasteiger partial charge < -0.3 is 4.74 Å². The summed E-state index contributed by atoms with van der Waals surface area (Å²) in [5.74, 6) is 0.459. The monoisotopic (exact) mass is 180 g/mol. The van der Waals surface area contributed by atoms with Gasteiger partial charge in [0.1, 0.15) is 9.84 Å². The molecule has 0 amide bonds. The van der Waals surface area contributed by atoms with Crippen molar-refractivity contribution in [2.24, 2.45) is 5.92 Å². The summed E-state index contributed by atoms with van der Waals surface area (Å²) in [6.07, 6.45) is 2.07. The standard InChI is InChI=1S/C7H16O3S/c1-7(4-5-10-2)6-11(3,8)9/h7H,4-6H2,1-3H3. The second kappa shape index (κ2) is 4.72. The average molecular weight is 180 g/mol. The fourth-order valence-corrected chi connectivity index (χ4v) is 2.12. The largest absolute Gasteiger partial charge is 0.385 e. The van der Waals surface area contributed by atoms with Crippen LogP contribution in [0.25, 0.3) is 0 Å². The molecule has 0 aromatic carbocycles. The molecule has 0 spiro atoms. The number of methoxy groups -OCH3 is 1. The second-order valence-corrected chi connectivity index (χ2v) is 5.16. The van der Waals surface area contributed by atoms with E-state index in [0.29, 0.717) is 6.61 Å². The Bertz CT molecular complexity index is 184. The van der Waals surface area contributed by atoms with Gasteiger partial charge >= 0.3 is 0 Å². The number of ether oxygens (including phenoxy) is 1. The van der Waals surface area contributed by atoms with E-state index >= 15 is 0 Å². The Morgan fingerprint density at radius 1 is 1.45 bits per heavy atom. The van der Waals surface area contributed by atoms with Crippen molar-refractivity contribution in [3.8, 4) is 0 Å². The number of hydrogen-bond acceptors (Lipinski definition) is 3. The zero-order chi connectivity index (χ0) is 8.91. The van der Waals surface area contributed by atoms with Crippen molar-refractivity contribution in [1.82, 2.24) is 0 Å². The maximum atomic E-state index is 10.8. The molecule has 3 nitrogen and oxygen atoms in total. The second-order valence-electron chi connectivity index (χ2n) is 2.98. The average Bonchev–Trinajstić information content (AvgIpc) is 1.79. The Hall–Kier alpha value is -0.0900. The molecule has 0 aliphatic carbocycles. The summed E-state index contributed by atoms with van der Waals surface area (Å²) in [5.41, 5.74) is 0. The van der Waals surface area contributed by atoms with Crippen molar-refractivity contribution < 1.29 is 13.2 Å². The molecule has 0 rings (SSSR count). The van der Waals surface area contributed by atoms with Crippen molar-refractivity contribution in [1.29, 1.82) is 0 Å². The molecule has 0 fully saturated rings. The van der Waals surface area contributed by atoms with E-state index in [2.05, 4.69) is 0 Å². The minimum atomic E-state index is -2.81. The summed E-state index contributed by atoms with van der Waals surface area (Å²) >= 11 is 0. The van der Waals surface area contributed by atoms with E-state index in [9.17, 15) is 8.42 Å². The van der Waals surface area contributed by atoms with Gasteiger partial charge in [0.15, 0.2) is 0 Å². The highest BCUT2D eigenvalue weighted by molar-refractivity contribution is 7.90. The van der Waals surface area contributed by atoms with Crippen molar-refractivity contribution in [3.05, 3.63) is 0 Å². The molecular weight excluding hydrogens is 164 g/mol.